The van der Waals surface area contributed by atoms with Gasteiger partial charge in [0.1, 0.15) is 5.82 Å². The van der Waals surface area contributed by atoms with Crippen molar-refractivity contribution in [1.29, 1.82) is 0 Å². The Hall–Kier alpha value is -2.77. The van der Waals surface area contributed by atoms with Gasteiger partial charge in [-0.1, -0.05) is 18.2 Å². The van der Waals surface area contributed by atoms with Crippen LogP contribution in [0.1, 0.15) is 31.2 Å². The molecule has 7 nitrogen and oxygen atoms in total. The lowest BCUT2D eigenvalue weighted by molar-refractivity contribution is 0.626. The molecule has 2 aliphatic rings. The molecular weight excluding hydrogens is 333 g/mol. The van der Waals surface area contributed by atoms with Crippen molar-refractivity contribution in [3.63, 3.8) is 0 Å². The number of hydrogen-bond acceptors (Lipinski definition) is 7. The maximum Gasteiger partial charge on any atom is 0.250 e. The second-order valence-electron chi connectivity index (χ2n) is 6.54. The number of rotatable bonds is 5. The quantitative estimate of drug-likeness (QED) is 0.657. The highest BCUT2D eigenvalue weighted by molar-refractivity contribution is 5.80. The molecule has 0 bridgehead atoms. The number of halogens is 1. The van der Waals surface area contributed by atoms with Crippen LogP contribution in [0.2, 0.25) is 0 Å². The zero-order valence-corrected chi connectivity index (χ0v) is 14.6. The molecule has 4 rings (SSSR count). The summed E-state index contributed by atoms with van der Waals surface area (Å²) in [4.78, 5) is 18.0. The van der Waals surface area contributed by atoms with Crippen LogP contribution in [0.15, 0.2) is 29.4 Å². The van der Waals surface area contributed by atoms with E-state index in [2.05, 4.69) is 35.3 Å². The predicted molar refractivity (Wildman–Crippen MR) is 100 cm³/mol. The Morgan fingerprint density at radius 1 is 0.885 bits per heavy atom. The minimum absolute atomic E-state index is 0.316. The number of nitrogens with zero attached hydrogens (tertiary/aromatic N) is 6. The molecule has 3 heterocycles. The van der Waals surface area contributed by atoms with Crippen LogP contribution in [-0.4, -0.2) is 47.3 Å². The molecular formula is C18H22FN7. The second kappa shape index (κ2) is 7.63. The highest BCUT2D eigenvalue weighted by atomic mass is 19.1. The molecule has 136 valence electrons. The van der Waals surface area contributed by atoms with E-state index < -0.39 is 0 Å². The van der Waals surface area contributed by atoms with Crippen LogP contribution in [0.4, 0.5) is 22.2 Å². The first-order valence-corrected chi connectivity index (χ1v) is 9.09. The number of nitrogens with one attached hydrogen (secondary N) is 1. The molecule has 2 fully saturated rings. The zero-order chi connectivity index (χ0) is 17.8. The molecule has 26 heavy (non-hydrogen) atoms. The molecule has 2 aliphatic heterocycles. The molecule has 1 N–H and O–H groups in total. The van der Waals surface area contributed by atoms with Crippen molar-refractivity contribution in [2.75, 3.05) is 41.4 Å². The van der Waals surface area contributed by atoms with Crippen molar-refractivity contribution in [3.8, 4) is 0 Å². The number of anilines is 3. The maximum atomic E-state index is 13.7. The fourth-order valence-corrected chi connectivity index (χ4v) is 3.26. The highest BCUT2D eigenvalue weighted by Crippen LogP contribution is 2.22. The maximum absolute atomic E-state index is 13.7. The predicted octanol–water partition coefficient (Wildman–Crippen LogP) is 2.66. The SMILES string of the molecule is Fc1ccccc1C=NNc1nc(N2CCCC2)nc(N2CCCC2)n1. The molecule has 2 aromatic rings. The monoisotopic (exact) mass is 355 g/mol. The van der Waals surface area contributed by atoms with Gasteiger partial charge in [-0.05, 0) is 31.7 Å². The molecule has 0 spiro atoms. The van der Waals surface area contributed by atoms with Crippen LogP contribution in [0.5, 0.6) is 0 Å². The molecule has 1 aromatic carbocycles. The Morgan fingerprint density at radius 3 is 2.04 bits per heavy atom. The van der Waals surface area contributed by atoms with Crippen LogP contribution in [0.3, 0.4) is 0 Å². The average Bonchev–Trinajstić information content (AvgIpc) is 3.37. The third kappa shape index (κ3) is 3.74. The highest BCUT2D eigenvalue weighted by Gasteiger charge is 2.21. The summed E-state index contributed by atoms with van der Waals surface area (Å²) in [6.45, 7) is 3.84. The summed E-state index contributed by atoms with van der Waals surface area (Å²) >= 11 is 0. The normalized spacial score (nSPS) is 17.4. The molecule has 0 amide bonds. The standard InChI is InChI=1S/C18H22FN7/c19-15-8-2-1-7-14(15)13-20-24-16-21-17(25-9-3-4-10-25)23-18(22-16)26-11-5-6-12-26/h1-2,7-8,13H,3-6,9-12H2,(H,21,22,23,24). The van der Waals surface area contributed by atoms with Crippen molar-refractivity contribution in [2.24, 2.45) is 5.10 Å². The summed E-state index contributed by atoms with van der Waals surface area (Å²) < 4.78 is 13.7. The molecule has 1 aromatic heterocycles. The largest absolute Gasteiger partial charge is 0.341 e. The first-order chi connectivity index (χ1) is 12.8. The van der Waals surface area contributed by atoms with Gasteiger partial charge in [0.05, 0.1) is 6.21 Å². The van der Waals surface area contributed by atoms with Gasteiger partial charge in [-0.15, -0.1) is 0 Å². The average molecular weight is 355 g/mol. The summed E-state index contributed by atoms with van der Waals surface area (Å²) in [5, 5.41) is 4.10. The van der Waals surface area contributed by atoms with Gasteiger partial charge in [-0.2, -0.15) is 20.1 Å². The number of aromatic nitrogens is 3. The number of hydrazone groups is 1. The zero-order valence-electron chi connectivity index (χ0n) is 14.6. The van der Waals surface area contributed by atoms with Gasteiger partial charge < -0.3 is 9.80 Å². The van der Waals surface area contributed by atoms with E-state index >= 15 is 0 Å². The van der Waals surface area contributed by atoms with Gasteiger partial charge in [0.25, 0.3) is 0 Å². The summed E-state index contributed by atoms with van der Waals surface area (Å²) in [5.74, 6) is 1.44. The van der Waals surface area contributed by atoms with Gasteiger partial charge in [-0.3, -0.25) is 0 Å². The molecule has 0 aliphatic carbocycles. The molecule has 0 radical (unpaired) electrons. The van der Waals surface area contributed by atoms with Crippen LogP contribution in [0, 0.1) is 5.82 Å². The minimum Gasteiger partial charge on any atom is -0.341 e. The van der Waals surface area contributed by atoms with E-state index in [4.69, 9.17) is 0 Å². The van der Waals surface area contributed by atoms with E-state index in [-0.39, 0.29) is 5.82 Å². The summed E-state index contributed by atoms with van der Waals surface area (Å²) in [6, 6.07) is 6.49. The molecule has 2 saturated heterocycles. The van der Waals surface area contributed by atoms with E-state index in [0.717, 1.165) is 51.9 Å². The fourth-order valence-electron chi connectivity index (χ4n) is 3.26. The van der Waals surface area contributed by atoms with Gasteiger partial charge >= 0.3 is 0 Å². The second-order valence-corrected chi connectivity index (χ2v) is 6.54. The Labute approximate surface area is 152 Å². The van der Waals surface area contributed by atoms with Crippen LogP contribution < -0.4 is 15.2 Å². The summed E-state index contributed by atoms with van der Waals surface area (Å²) in [7, 11) is 0. The van der Waals surface area contributed by atoms with Gasteiger partial charge in [0, 0.05) is 31.7 Å². The van der Waals surface area contributed by atoms with E-state index in [1.807, 2.05) is 0 Å². The van der Waals surface area contributed by atoms with Gasteiger partial charge in [0.15, 0.2) is 0 Å². The van der Waals surface area contributed by atoms with Crippen LogP contribution in [0.25, 0.3) is 0 Å². The van der Waals surface area contributed by atoms with Gasteiger partial charge in [-0.25, -0.2) is 9.82 Å². The summed E-state index contributed by atoms with van der Waals surface area (Å²) in [6.07, 6.45) is 6.04. The van der Waals surface area contributed by atoms with Crippen molar-refractivity contribution in [3.05, 3.63) is 35.6 Å². The van der Waals surface area contributed by atoms with E-state index in [1.54, 1.807) is 18.2 Å². The number of hydrogen-bond donors (Lipinski definition) is 1. The first kappa shape index (κ1) is 16.7. The molecule has 0 unspecified atom stereocenters. The summed E-state index contributed by atoms with van der Waals surface area (Å²) in [5.41, 5.74) is 3.25. The third-order valence-electron chi connectivity index (χ3n) is 4.66. The Balaban J connectivity index is 1.56. The van der Waals surface area contributed by atoms with E-state index in [9.17, 15) is 4.39 Å². The fraction of sp³-hybridized carbons (Fsp3) is 0.444. The third-order valence-corrected chi connectivity index (χ3v) is 4.66. The van der Waals surface area contributed by atoms with Crippen LogP contribution >= 0.6 is 0 Å². The minimum atomic E-state index is -0.316. The lowest BCUT2D eigenvalue weighted by Gasteiger charge is -2.20. The Morgan fingerprint density at radius 2 is 1.46 bits per heavy atom. The van der Waals surface area contributed by atoms with Crippen molar-refractivity contribution in [2.45, 2.75) is 25.7 Å². The topological polar surface area (TPSA) is 69.5 Å². The lowest BCUT2D eigenvalue weighted by Crippen LogP contribution is -2.25. The Kier molecular flexibility index (Phi) is 4.90. The first-order valence-electron chi connectivity index (χ1n) is 9.09. The number of benzene rings is 1. The van der Waals surface area contributed by atoms with Crippen LogP contribution in [-0.2, 0) is 0 Å². The van der Waals surface area contributed by atoms with Gasteiger partial charge in [0.2, 0.25) is 17.8 Å². The van der Waals surface area contributed by atoms with E-state index in [0.29, 0.717) is 23.4 Å². The lowest BCUT2D eigenvalue weighted by atomic mass is 10.2. The van der Waals surface area contributed by atoms with Crippen molar-refractivity contribution < 1.29 is 4.39 Å². The molecule has 0 saturated carbocycles. The Bertz CT molecular complexity index is 749. The van der Waals surface area contributed by atoms with Crippen molar-refractivity contribution >= 4 is 24.1 Å². The molecule has 8 heteroatoms. The molecule has 0 atom stereocenters. The smallest absolute Gasteiger partial charge is 0.250 e. The van der Waals surface area contributed by atoms with E-state index in [1.165, 1.54) is 12.3 Å². The van der Waals surface area contributed by atoms with Crippen molar-refractivity contribution in [1.82, 2.24) is 15.0 Å².